The first-order valence-electron chi connectivity index (χ1n) is 7.98. The van der Waals surface area contributed by atoms with Crippen molar-refractivity contribution in [2.75, 3.05) is 5.32 Å². The molecule has 0 unspecified atom stereocenters. The lowest BCUT2D eigenvalue weighted by atomic mass is 10.0. The average molecular weight is 368 g/mol. The van der Waals surface area contributed by atoms with E-state index in [2.05, 4.69) is 5.32 Å². The number of benzene rings is 3. The Morgan fingerprint density at radius 3 is 2.41 bits per heavy atom. The van der Waals surface area contributed by atoms with Crippen molar-refractivity contribution in [3.05, 3.63) is 93.5 Å². The lowest BCUT2D eigenvalue weighted by Gasteiger charge is -2.14. The summed E-state index contributed by atoms with van der Waals surface area (Å²) in [6, 6.07) is 14.3. The molecule has 0 aromatic heterocycles. The van der Waals surface area contributed by atoms with E-state index in [1.807, 2.05) is 0 Å². The number of nitro benzene ring substituents is 1. The second-order valence-electron chi connectivity index (χ2n) is 5.84. The molecule has 7 heteroatoms. The number of rotatable bonds is 4. The van der Waals surface area contributed by atoms with Gasteiger partial charge in [-0.1, -0.05) is 36.4 Å². The average Bonchev–Trinajstić information content (AvgIpc) is 2.64. The largest absolute Gasteiger partial charge is 0.319 e. The Bertz CT molecular complexity index is 1040. The molecule has 0 fully saturated rings. The second-order valence-corrected chi connectivity index (χ2v) is 5.84. The first-order chi connectivity index (χ1) is 12.9. The molecule has 0 saturated carbocycles. The second kappa shape index (κ2) is 7.33. The number of carbonyl (C=O) groups is 1. The molecule has 0 aliphatic rings. The topological polar surface area (TPSA) is 72.2 Å². The van der Waals surface area contributed by atoms with Gasteiger partial charge in [0.15, 0.2) is 0 Å². The van der Waals surface area contributed by atoms with Gasteiger partial charge in [0.25, 0.3) is 11.6 Å². The quantitative estimate of drug-likeness (QED) is 0.514. The van der Waals surface area contributed by atoms with Crippen LogP contribution in [0.25, 0.3) is 11.1 Å². The Kier molecular flexibility index (Phi) is 4.94. The van der Waals surface area contributed by atoms with Crippen LogP contribution in [0.5, 0.6) is 0 Å². The monoisotopic (exact) mass is 368 g/mol. The van der Waals surface area contributed by atoms with Crippen LogP contribution in [0.4, 0.5) is 20.2 Å². The summed E-state index contributed by atoms with van der Waals surface area (Å²) in [6.07, 6.45) is 0. The third kappa shape index (κ3) is 3.67. The van der Waals surface area contributed by atoms with E-state index in [9.17, 15) is 23.7 Å². The minimum Gasteiger partial charge on any atom is -0.319 e. The van der Waals surface area contributed by atoms with Crippen LogP contribution in [0.2, 0.25) is 0 Å². The summed E-state index contributed by atoms with van der Waals surface area (Å²) in [6.45, 7) is 1.44. The summed E-state index contributed by atoms with van der Waals surface area (Å²) in [5.41, 5.74) is 0.464. The van der Waals surface area contributed by atoms with Gasteiger partial charge in [-0.05, 0) is 24.6 Å². The van der Waals surface area contributed by atoms with E-state index >= 15 is 0 Å². The maximum Gasteiger partial charge on any atom is 0.273 e. The van der Waals surface area contributed by atoms with Gasteiger partial charge in [-0.15, -0.1) is 0 Å². The maximum absolute atomic E-state index is 14.4. The Morgan fingerprint density at radius 1 is 1.04 bits per heavy atom. The van der Waals surface area contributed by atoms with Gasteiger partial charge >= 0.3 is 0 Å². The van der Waals surface area contributed by atoms with Crippen molar-refractivity contribution in [2.45, 2.75) is 6.92 Å². The van der Waals surface area contributed by atoms with Crippen LogP contribution in [0.15, 0.2) is 60.7 Å². The first-order valence-corrected chi connectivity index (χ1v) is 7.98. The molecule has 3 aromatic carbocycles. The van der Waals surface area contributed by atoms with E-state index in [-0.39, 0.29) is 28.1 Å². The number of halogens is 2. The Hall–Kier alpha value is -3.61. The summed E-state index contributed by atoms with van der Waals surface area (Å²) in [5, 5.41) is 13.5. The predicted octanol–water partition coefficient (Wildman–Crippen LogP) is 5.10. The van der Waals surface area contributed by atoms with Crippen LogP contribution in [0, 0.1) is 28.7 Å². The van der Waals surface area contributed by atoms with Crippen LogP contribution in [0.3, 0.4) is 0 Å². The van der Waals surface area contributed by atoms with Crippen molar-refractivity contribution in [3.63, 3.8) is 0 Å². The van der Waals surface area contributed by atoms with Crippen molar-refractivity contribution in [2.24, 2.45) is 0 Å². The van der Waals surface area contributed by atoms with E-state index in [1.54, 1.807) is 30.3 Å². The maximum atomic E-state index is 14.4. The lowest BCUT2D eigenvalue weighted by Crippen LogP contribution is -2.16. The molecule has 27 heavy (non-hydrogen) atoms. The van der Waals surface area contributed by atoms with E-state index in [1.165, 1.54) is 25.1 Å². The van der Waals surface area contributed by atoms with E-state index < -0.39 is 22.5 Å². The summed E-state index contributed by atoms with van der Waals surface area (Å²) in [4.78, 5) is 23.1. The van der Waals surface area contributed by atoms with Crippen molar-refractivity contribution in [1.29, 1.82) is 0 Å². The zero-order valence-electron chi connectivity index (χ0n) is 14.2. The molecular formula is C20H14F2N2O3. The van der Waals surface area contributed by atoms with Crippen molar-refractivity contribution >= 4 is 17.3 Å². The molecule has 0 bridgehead atoms. The summed E-state index contributed by atoms with van der Waals surface area (Å²) in [5.74, 6) is -2.44. The summed E-state index contributed by atoms with van der Waals surface area (Å²) < 4.78 is 28.2. The zero-order valence-corrected chi connectivity index (χ0v) is 14.2. The number of carbonyl (C=O) groups excluding carboxylic acids is 1. The molecule has 136 valence electrons. The fraction of sp³-hybridized carbons (Fsp3) is 0.0500. The normalized spacial score (nSPS) is 10.5. The molecule has 5 nitrogen and oxygen atoms in total. The number of amides is 1. The fourth-order valence-electron chi connectivity index (χ4n) is 2.79. The number of nitrogens with zero attached hydrogens (tertiary/aromatic N) is 1. The first kappa shape index (κ1) is 18.2. The number of hydrogen-bond donors (Lipinski definition) is 1. The number of anilines is 1. The molecule has 0 saturated heterocycles. The fourth-order valence-corrected chi connectivity index (χ4v) is 2.79. The Morgan fingerprint density at radius 2 is 1.74 bits per heavy atom. The Labute approximate surface area is 153 Å². The number of hydrogen-bond acceptors (Lipinski definition) is 3. The molecule has 1 N–H and O–H groups in total. The molecule has 0 spiro atoms. The Balaban J connectivity index is 2.05. The van der Waals surface area contributed by atoms with Gasteiger partial charge in [-0.2, -0.15) is 0 Å². The van der Waals surface area contributed by atoms with Crippen molar-refractivity contribution in [3.8, 4) is 11.1 Å². The van der Waals surface area contributed by atoms with Gasteiger partial charge in [-0.25, -0.2) is 8.78 Å². The molecule has 3 rings (SSSR count). The van der Waals surface area contributed by atoms with Gasteiger partial charge in [0.2, 0.25) is 0 Å². The standard InChI is InChI=1S/C20H14F2N2O3/c1-12-15(8-5-9-18(12)24(26)27)20(25)23-19-16(10-14(21)11-17(19)22)13-6-3-2-4-7-13/h2-11H,1H3,(H,23,25). The van der Waals surface area contributed by atoms with Crippen LogP contribution in [-0.2, 0) is 0 Å². The van der Waals surface area contributed by atoms with E-state index in [4.69, 9.17) is 0 Å². The number of nitrogens with one attached hydrogen (secondary N) is 1. The minimum absolute atomic E-state index is 0.0342. The molecule has 3 aromatic rings. The summed E-state index contributed by atoms with van der Waals surface area (Å²) >= 11 is 0. The highest BCUT2D eigenvalue weighted by molar-refractivity contribution is 6.07. The van der Waals surface area contributed by atoms with Gasteiger partial charge in [-0.3, -0.25) is 14.9 Å². The van der Waals surface area contributed by atoms with Crippen molar-refractivity contribution < 1.29 is 18.5 Å². The van der Waals surface area contributed by atoms with Gasteiger partial charge in [0, 0.05) is 28.8 Å². The van der Waals surface area contributed by atoms with Crippen molar-refractivity contribution in [1.82, 2.24) is 0 Å². The van der Waals surface area contributed by atoms with Crippen LogP contribution in [0.1, 0.15) is 15.9 Å². The highest BCUT2D eigenvalue weighted by Crippen LogP contribution is 2.32. The highest BCUT2D eigenvalue weighted by Gasteiger charge is 2.21. The summed E-state index contributed by atoms with van der Waals surface area (Å²) in [7, 11) is 0. The highest BCUT2D eigenvalue weighted by atomic mass is 19.1. The smallest absolute Gasteiger partial charge is 0.273 e. The van der Waals surface area contributed by atoms with Crippen LogP contribution in [-0.4, -0.2) is 10.8 Å². The molecular weight excluding hydrogens is 354 g/mol. The SMILES string of the molecule is Cc1c(C(=O)Nc2c(F)cc(F)cc2-c2ccccc2)cccc1[N+](=O)[O-]. The van der Waals surface area contributed by atoms with Gasteiger partial charge < -0.3 is 5.32 Å². The van der Waals surface area contributed by atoms with E-state index in [0.717, 1.165) is 6.07 Å². The molecule has 0 aliphatic carbocycles. The third-order valence-corrected chi connectivity index (χ3v) is 4.12. The van der Waals surface area contributed by atoms with Crippen LogP contribution >= 0.6 is 0 Å². The minimum atomic E-state index is -0.940. The van der Waals surface area contributed by atoms with Gasteiger partial charge in [0.1, 0.15) is 11.6 Å². The third-order valence-electron chi connectivity index (χ3n) is 4.12. The zero-order chi connectivity index (χ0) is 19.6. The molecule has 0 atom stereocenters. The molecule has 0 aliphatic heterocycles. The molecule has 0 heterocycles. The lowest BCUT2D eigenvalue weighted by molar-refractivity contribution is -0.385. The van der Waals surface area contributed by atoms with Gasteiger partial charge in [0.05, 0.1) is 10.6 Å². The molecule has 0 radical (unpaired) electrons. The predicted molar refractivity (Wildman–Crippen MR) is 97.6 cm³/mol. The van der Waals surface area contributed by atoms with E-state index in [0.29, 0.717) is 11.6 Å². The molecule has 1 amide bonds. The number of nitro groups is 1. The van der Waals surface area contributed by atoms with Crippen LogP contribution < -0.4 is 5.32 Å².